The van der Waals surface area contributed by atoms with Crippen LogP contribution in [0.2, 0.25) is 0 Å². The van der Waals surface area contributed by atoms with Crippen molar-refractivity contribution >= 4 is 11.5 Å². The van der Waals surface area contributed by atoms with Crippen molar-refractivity contribution in [3.63, 3.8) is 0 Å². The fourth-order valence-electron chi connectivity index (χ4n) is 3.56. The van der Waals surface area contributed by atoms with E-state index in [2.05, 4.69) is 35.7 Å². The maximum Gasteiger partial charge on any atom is 0.0803 e. The van der Waals surface area contributed by atoms with Gasteiger partial charge in [-0.05, 0) is 49.2 Å². The summed E-state index contributed by atoms with van der Waals surface area (Å²) in [5.74, 6) is 1.69. The third kappa shape index (κ3) is 3.79. The molecule has 0 bridgehead atoms. The zero-order valence-electron chi connectivity index (χ0n) is 13.2. The van der Waals surface area contributed by atoms with E-state index in [-0.39, 0.29) is 0 Å². The molecule has 1 aromatic rings. The second-order valence-electron chi connectivity index (χ2n) is 6.07. The predicted molar refractivity (Wildman–Crippen MR) is 86.1 cm³/mol. The van der Waals surface area contributed by atoms with Gasteiger partial charge in [0.05, 0.1) is 10.6 Å². The smallest absolute Gasteiger partial charge is 0.0803 e. The molecule has 1 aliphatic rings. The zero-order chi connectivity index (χ0) is 14.4. The lowest BCUT2D eigenvalue weighted by molar-refractivity contribution is 0.212. The van der Waals surface area contributed by atoms with Gasteiger partial charge < -0.3 is 5.32 Å². The molecule has 3 nitrogen and oxygen atoms in total. The van der Waals surface area contributed by atoms with Gasteiger partial charge in [0, 0.05) is 6.04 Å². The van der Waals surface area contributed by atoms with Crippen LogP contribution in [0.1, 0.15) is 75.9 Å². The average Bonchev–Trinajstić information content (AvgIpc) is 2.93. The molecule has 0 aliphatic heterocycles. The second-order valence-corrected chi connectivity index (χ2v) is 6.86. The Hall–Kier alpha value is -0.480. The van der Waals surface area contributed by atoms with E-state index in [4.69, 9.17) is 0 Å². The number of hydrogen-bond acceptors (Lipinski definition) is 4. The maximum atomic E-state index is 4.37. The summed E-state index contributed by atoms with van der Waals surface area (Å²) in [5.41, 5.74) is 1.24. The van der Waals surface area contributed by atoms with Crippen molar-refractivity contribution in [1.29, 1.82) is 0 Å². The monoisotopic (exact) mass is 295 g/mol. The topological polar surface area (TPSA) is 37.8 Å². The third-order valence-electron chi connectivity index (χ3n) is 4.65. The average molecular weight is 295 g/mol. The standard InChI is InChI=1S/C16H29N3S/c1-4-8-14-16(20-19-18-14)15(17-6-3)13-10-7-9-12(5-2)11-13/h12-13,15,17H,4-11H2,1-3H3. The van der Waals surface area contributed by atoms with Crippen LogP contribution in [0.5, 0.6) is 0 Å². The van der Waals surface area contributed by atoms with Crippen LogP contribution in [0.3, 0.4) is 0 Å². The number of nitrogens with zero attached hydrogens (tertiary/aromatic N) is 2. The highest BCUT2D eigenvalue weighted by Crippen LogP contribution is 2.40. The van der Waals surface area contributed by atoms with Gasteiger partial charge in [-0.15, -0.1) is 5.10 Å². The Bertz CT molecular complexity index is 391. The molecule has 0 radical (unpaired) electrons. The molecule has 1 aliphatic carbocycles. The van der Waals surface area contributed by atoms with Gasteiger partial charge in [0.2, 0.25) is 0 Å². The Kier molecular flexibility index (Phi) is 6.43. The van der Waals surface area contributed by atoms with Crippen molar-refractivity contribution < 1.29 is 0 Å². The molecular weight excluding hydrogens is 266 g/mol. The van der Waals surface area contributed by atoms with Gasteiger partial charge in [0.1, 0.15) is 0 Å². The molecule has 3 atom stereocenters. The van der Waals surface area contributed by atoms with Crippen LogP contribution in [-0.2, 0) is 6.42 Å². The molecule has 1 heterocycles. The van der Waals surface area contributed by atoms with E-state index in [1.807, 2.05) is 0 Å². The van der Waals surface area contributed by atoms with E-state index >= 15 is 0 Å². The molecule has 1 fully saturated rings. The second kappa shape index (κ2) is 8.08. The van der Waals surface area contributed by atoms with Crippen LogP contribution >= 0.6 is 11.5 Å². The summed E-state index contributed by atoms with van der Waals surface area (Å²) in [6.07, 6.45) is 9.10. The molecule has 20 heavy (non-hydrogen) atoms. The van der Waals surface area contributed by atoms with Gasteiger partial charge in [0.15, 0.2) is 0 Å². The molecule has 4 heteroatoms. The van der Waals surface area contributed by atoms with Crippen molar-refractivity contribution in [3.8, 4) is 0 Å². The number of aryl methyl sites for hydroxylation is 1. The SMILES string of the molecule is CCCc1nnsc1C(NCC)C1CCCC(CC)C1. The molecule has 1 saturated carbocycles. The highest BCUT2D eigenvalue weighted by molar-refractivity contribution is 7.05. The summed E-state index contributed by atoms with van der Waals surface area (Å²) in [7, 11) is 0. The summed E-state index contributed by atoms with van der Waals surface area (Å²) in [4.78, 5) is 1.41. The highest BCUT2D eigenvalue weighted by Gasteiger charge is 2.31. The van der Waals surface area contributed by atoms with E-state index in [1.165, 1.54) is 42.7 Å². The van der Waals surface area contributed by atoms with Gasteiger partial charge in [0.25, 0.3) is 0 Å². The summed E-state index contributed by atoms with van der Waals surface area (Å²) >= 11 is 1.62. The molecule has 1 N–H and O–H groups in total. The van der Waals surface area contributed by atoms with Crippen molar-refractivity contribution in [3.05, 3.63) is 10.6 Å². The number of nitrogens with one attached hydrogen (secondary N) is 1. The first-order chi connectivity index (χ1) is 9.80. The van der Waals surface area contributed by atoms with Gasteiger partial charge in [-0.3, -0.25) is 0 Å². The maximum absolute atomic E-state index is 4.37. The first kappa shape index (κ1) is 15.9. The minimum absolute atomic E-state index is 0.482. The first-order valence-corrected chi connectivity index (χ1v) is 9.11. The van der Waals surface area contributed by atoms with Crippen molar-refractivity contribution in [2.45, 2.75) is 71.8 Å². The van der Waals surface area contributed by atoms with Gasteiger partial charge in [-0.25, -0.2) is 0 Å². The molecule has 114 valence electrons. The number of rotatable bonds is 7. The Morgan fingerprint density at radius 1 is 1.30 bits per heavy atom. The minimum atomic E-state index is 0.482. The van der Waals surface area contributed by atoms with Crippen LogP contribution in [0, 0.1) is 11.8 Å². The van der Waals surface area contributed by atoms with Crippen LogP contribution in [0.15, 0.2) is 0 Å². The predicted octanol–water partition coefficient (Wildman–Crippen LogP) is 4.36. The summed E-state index contributed by atoms with van der Waals surface area (Å²) in [5, 5.41) is 8.10. The van der Waals surface area contributed by atoms with E-state index in [0.717, 1.165) is 31.2 Å². The molecule has 3 unspecified atom stereocenters. The van der Waals surface area contributed by atoms with Crippen LogP contribution in [-0.4, -0.2) is 16.1 Å². The Labute approximate surface area is 127 Å². The number of hydrogen-bond donors (Lipinski definition) is 1. The Morgan fingerprint density at radius 2 is 2.15 bits per heavy atom. The lowest BCUT2D eigenvalue weighted by atomic mass is 9.76. The van der Waals surface area contributed by atoms with E-state index < -0.39 is 0 Å². The minimum Gasteiger partial charge on any atom is -0.309 e. The quantitative estimate of drug-likeness (QED) is 0.812. The first-order valence-electron chi connectivity index (χ1n) is 8.34. The molecule has 2 rings (SSSR count). The van der Waals surface area contributed by atoms with Crippen molar-refractivity contribution in [1.82, 2.24) is 14.9 Å². The summed E-state index contributed by atoms with van der Waals surface area (Å²) in [6, 6.07) is 0.482. The molecule has 0 amide bonds. The molecule has 0 saturated heterocycles. The van der Waals surface area contributed by atoms with E-state index in [1.54, 1.807) is 11.5 Å². The lowest BCUT2D eigenvalue weighted by Crippen LogP contribution is -2.31. The van der Waals surface area contributed by atoms with E-state index in [0.29, 0.717) is 6.04 Å². The van der Waals surface area contributed by atoms with Crippen LogP contribution in [0.25, 0.3) is 0 Å². The fraction of sp³-hybridized carbons (Fsp3) is 0.875. The lowest BCUT2D eigenvalue weighted by Gasteiger charge is -2.34. The molecule has 1 aromatic heterocycles. The summed E-state index contributed by atoms with van der Waals surface area (Å²) in [6.45, 7) is 7.80. The van der Waals surface area contributed by atoms with Crippen LogP contribution in [0.4, 0.5) is 0 Å². The van der Waals surface area contributed by atoms with E-state index in [9.17, 15) is 0 Å². The molecule has 0 aromatic carbocycles. The molecule has 0 spiro atoms. The normalized spacial score (nSPS) is 24.8. The molecular formula is C16H29N3S. The van der Waals surface area contributed by atoms with Gasteiger partial charge in [-0.2, -0.15) is 0 Å². The zero-order valence-corrected chi connectivity index (χ0v) is 14.0. The third-order valence-corrected chi connectivity index (χ3v) is 5.50. The van der Waals surface area contributed by atoms with Crippen molar-refractivity contribution in [2.24, 2.45) is 11.8 Å². The van der Waals surface area contributed by atoms with Crippen LogP contribution < -0.4 is 5.32 Å². The van der Waals surface area contributed by atoms with Gasteiger partial charge in [-0.1, -0.05) is 50.9 Å². The Morgan fingerprint density at radius 3 is 2.85 bits per heavy atom. The van der Waals surface area contributed by atoms with Crippen molar-refractivity contribution in [2.75, 3.05) is 6.54 Å². The van der Waals surface area contributed by atoms with Gasteiger partial charge >= 0.3 is 0 Å². The number of aromatic nitrogens is 2. The Balaban J connectivity index is 2.14. The largest absolute Gasteiger partial charge is 0.309 e. The highest BCUT2D eigenvalue weighted by atomic mass is 32.1. The fourth-order valence-corrected chi connectivity index (χ4v) is 4.43. The summed E-state index contributed by atoms with van der Waals surface area (Å²) < 4.78 is 4.23.